The van der Waals surface area contributed by atoms with E-state index in [9.17, 15) is 4.79 Å². The summed E-state index contributed by atoms with van der Waals surface area (Å²) < 4.78 is 0. The van der Waals surface area contributed by atoms with Gasteiger partial charge in [0.2, 0.25) is 5.91 Å². The molecule has 1 atom stereocenters. The van der Waals surface area contributed by atoms with E-state index in [0.29, 0.717) is 6.42 Å². The molecular weight excluding hydrogens is 280 g/mol. The second-order valence-electron chi connectivity index (χ2n) is 5.33. The second-order valence-corrected chi connectivity index (χ2v) is 6.31. The average Bonchev–Trinajstić information content (AvgIpc) is 2.52. The predicted octanol–water partition coefficient (Wildman–Crippen LogP) is 2.99. The quantitative estimate of drug-likeness (QED) is 0.618. The Hall–Kier alpha value is -1.00. The highest BCUT2D eigenvalue weighted by atomic mass is 32.2. The molecule has 0 unspecified atom stereocenters. The van der Waals surface area contributed by atoms with Crippen LogP contribution in [0.3, 0.4) is 0 Å². The molecule has 3 nitrogen and oxygen atoms in total. The molecule has 21 heavy (non-hydrogen) atoms. The Morgan fingerprint density at radius 2 is 1.90 bits per heavy atom. The van der Waals surface area contributed by atoms with Crippen LogP contribution in [0.1, 0.15) is 37.7 Å². The van der Waals surface area contributed by atoms with Crippen molar-refractivity contribution in [2.24, 2.45) is 5.73 Å². The first-order chi connectivity index (χ1) is 10.2. The lowest BCUT2D eigenvalue weighted by molar-refractivity contribution is -0.122. The Morgan fingerprint density at radius 1 is 1.19 bits per heavy atom. The van der Waals surface area contributed by atoms with E-state index in [1.807, 2.05) is 30.0 Å². The van der Waals surface area contributed by atoms with Gasteiger partial charge in [0, 0.05) is 6.54 Å². The van der Waals surface area contributed by atoms with E-state index in [4.69, 9.17) is 5.73 Å². The summed E-state index contributed by atoms with van der Waals surface area (Å²) in [5, 5.41) is 2.94. The number of rotatable bonds is 11. The third-order valence-corrected chi connectivity index (χ3v) is 4.20. The molecule has 118 valence electrons. The van der Waals surface area contributed by atoms with Crippen LogP contribution in [0.5, 0.6) is 0 Å². The van der Waals surface area contributed by atoms with Crippen LogP contribution in [-0.4, -0.2) is 30.5 Å². The number of unbranched alkanes of at least 4 members (excludes halogenated alkanes) is 3. The van der Waals surface area contributed by atoms with Crippen molar-refractivity contribution < 1.29 is 4.79 Å². The van der Waals surface area contributed by atoms with Gasteiger partial charge in [-0.25, -0.2) is 0 Å². The number of nitrogens with two attached hydrogens (primary N) is 1. The molecule has 0 aliphatic carbocycles. The van der Waals surface area contributed by atoms with E-state index in [2.05, 4.69) is 23.7 Å². The topological polar surface area (TPSA) is 55.1 Å². The van der Waals surface area contributed by atoms with Gasteiger partial charge in [0.15, 0.2) is 0 Å². The second kappa shape index (κ2) is 11.6. The molecule has 3 N–H and O–H groups in total. The van der Waals surface area contributed by atoms with Crippen molar-refractivity contribution in [2.45, 2.75) is 44.6 Å². The maximum atomic E-state index is 11.9. The summed E-state index contributed by atoms with van der Waals surface area (Å²) in [4.78, 5) is 11.9. The van der Waals surface area contributed by atoms with Gasteiger partial charge in [0.25, 0.3) is 0 Å². The number of benzene rings is 1. The SMILES string of the molecule is CSCCCCCCNC(=O)[C@@H](N)CCc1ccccc1. The molecule has 1 aromatic rings. The summed E-state index contributed by atoms with van der Waals surface area (Å²) >= 11 is 1.89. The highest BCUT2D eigenvalue weighted by molar-refractivity contribution is 7.98. The molecule has 1 amide bonds. The van der Waals surface area contributed by atoms with Crippen LogP contribution in [0.2, 0.25) is 0 Å². The average molecular weight is 308 g/mol. The molecule has 0 spiro atoms. The first-order valence-corrected chi connectivity index (χ1v) is 9.19. The van der Waals surface area contributed by atoms with E-state index in [0.717, 1.165) is 19.4 Å². The molecule has 0 fully saturated rings. The number of hydrogen-bond acceptors (Lipinski definition) is 3. The molecule has 0 aromatic heterocycles. The monoisotopic (exact) mass is 308 g/mol. The predicted molar refractivity (Wildman–Crippen MR) is 92.6 cm³/mol. The van der Waals surface area contributed by atoms with Crippen molar-refractivity contribution in [3.8, 4) is 0 Å². The van der Waals surface area contributed by atoms with E-state index in [1.165, 1.54) is 30.6 Å². The highest BCUT2D eigenvalue weighted by Gasteiger charge is 2.12. The van der Waals surface area contributed by atoms with Gasteiger partial charge in [-0.15, -0.1) is 0 Å². The van der Waals surface area contributed by atoms with Crippen molar-refractivity contribution in [3.05, 3.63) is 35.9 Å². The summed E-state index contributed by atoms with van der Waals surface area (Å²) in [7, 11) is 0. The third-order valence-electron chi connectivity index (χ3n) is 3.50. The highest BCUT2D eigenvalue weighted by Crippen LogP contribution is 2.05. The van der Waals surface area contributed by atoms with Gasteiger partial charge >= 0.3 is 0 Å². The van der Waals surface area contributed by atoms with Crippen molar-refractivity contribution in [3.63, 3.8) is 0 Å². The molecular formula is C17H28N2OS. The van der Waals surface area contributed by atoms with Crippen molar-refractivity contribution in [1.29, 1.82) is 0 Å². The van der Waals surface area contributed by atoms with Crippen LogP contribution in [0.25, 0.3) is 0 Å². The van der Waals surface area contributed by atoms with Gasteiger partial charge in [-0.2, -0.15) is 11.8 Å². The molecule has 0 aliphatic rings. The molecule has 4 heteroatoms. The maximum absolute atomic E-state index is 11.9. The molecule has 1 rings (SSSR count). The smallest absolute Gasteiger partial charge is 0.236 e. The largest absolute Gasteiger partial charge is 0.355 e. The lowest BCUT2D eigenvalue weighted by Crippen LogP contribution is -2.41. The van der Waals surface area contributed by atoms with Crippen LogP contribution >= 0.6 is 11.8 Å². The number of carbonyl (C=O) groups is 1. The van der Waals surface area contributed by atoms with Gasteiger partial charge < -0.3 is 11.1 Å². The summed E-state index contributed by atoms with van der Waals surface area (Å²) in [6.45, 7) is 0.747. The number of hydrogen-bond donors (Lipinski definition) is 2. The molecule has 0 radical (unpaired) electrons. The summed E-state index contributed by atoms with van der Waals surface area (Å²) in [6, 6.07) is 9.76. The van der Waals surface area contributed by atoms with Crippen molar-refractivity contribution in [1.82, 2.24) is 5.32 Å². The zero-order valence-electron chi connectivity index (χ0n) is 13.0. The number of amides is 1. The zero-order chi connectivity index (χ0) is 15.3. The normalized spacial score (nSPS) is 12.1. The first kappa shape index (κ1) is 18.1. The van der Waals surface area contributed by atoms with Crippen molar-refractivity contribution in [2.75, 3.05) is 18.6 Å². The summed E-state index contributed by atoms with van der Waals surface area (Å²) in [5.74, 6) is 1.21. The Kier molecular flexibility index (Phi) is 10.0. The number of thioether (sulfide) groups is 1. The molecule has 0 saturated carbocycles. The number of aryl methyl sites for hydroxylation is 1. The number of nitrogens with one attached hydrogen (secondary N) is 1. The summed E-state index contributed by atoms with van der Waals surface area (Å²) in [5.41, 5.74) is 7.16. The minimum Gasteiger partial charge on any atom is -0.355 e. The standard InChI is InChI=1S/C17H28N2OS/c1-21-14-8-3-2-7-13-19-17(20)16(18)12-11-15-9-5-4-6-10-15/h4-6,9-10,16H,2-3,7-8,11-14,18H2,1H3,(H,19,20)/t16-/m0/s1. The van der Waals surface area contributed by atoms with Crippen LogP contribution in [0.4, 0.5) is 0 Å². The van der Waals surface area contributed by atoms with Crippen LogP contribution in [-0.2, 0) is 11.2 Å². The van der Waals surface area contributed by atoms with E-state index in [-0.39, 0.29) is 5.91 Å². The lowest BCUT2D eigenvalue weighted by Gasteiger charge is -2.12. The Labute approximate surface area is 133 Å². The molecule has 0 bridgehead atoms. The van der Waals surface area contributed by atoms with Crippen LogP contribution in [0, 0.1) is 0 Å². The van der Waals surface area contributed by atoms with E-state index < -0.39 is 6.04 Å². The van der Waals surface area contributed by atoms with Gasteiger partial charge in [-0.05, 0) is 43.3 Å². The lowest BCUT2D eigenvalue weighted by atomic mass is 10.1. The molecule has 0 aliphatic heterocycles. The Balaban J connectivity index is 2.06. The van der Waals surface area contributed by atoms with E-state index in [1.54, 1.807) is 0 Å². The van der Waals surface area contributed by atoms with Gasteiger partial charge in [0.05, 0.1) is 6.04 Å². The summed E-state index contributed by atoms with van der Waals surface area (Å²) in [6.07, 6.45) is 8.43. The fourth-order valence-electron chi connectivity index (χ4n) is 2.17. The Morgan fingerprint density at radius 3 is 2.62 bits per heavy atom. The minimum absolute atomic E-state index is 0.0185. The maximum Gasteiger partial charge on any atom is 0.236 e. The van der Waals surface area contributed by atoms with Gasteiger partial charge in [-0.1, -0.05) is 43.2 Å². The fraction of sp³-hybridized carbons (Fsp3) is 0.588. The molecule has 0 heterocycles. The molecule has 1 aromatic carbocycles. The van der Waals surface area contributed by atoms with Crippen LogP contribution in [0.15, 0.2) is 30.3 Å². The van der Waals surface area contributed by atoms with E-state index >= 15 is 0 Å². The van der Waals surface area contributed by atoms with Crippen LogP contribution < -0.4 is 11.1 Å². The van der Waals surface area contributed by atoms with Gasteiger partial charge in [-0.3, -0.25) is 4.79 Å². The molecule has 0 saturated heterocycles. The van der Waals surface area contributed by atoms with Crippen molar-refractivity contribution >= 4 is 17.7 Å². The minimum atomic E-state index is -0.401. The number of carbonyl (C=O) groups excluding carboxylic acids is 1. The Bertz CT molecular complexity index is 384. The zero-order valence-corrected chi connectivity index (χ0v) is 13.8. The van der Waals surface area contributed by atoms with Gasteiger partial charge in [0.1, 0.15) is 0 Å². The third kappa shape index (κ3) is 8.79. The fourth-order valence-corrected chi connectivity index (χ4v) is 2.66. The first-order valence-electron chi connectivity index (χ1n) is 7.80.